The molecule has 98 valence electrons. The Morgan fingerprint density at radius 3 is 2.70 bits per heavy atom. The molecule has 0 unspecified atom stereocenters. The average molecular weight is 262 g/mol. The fourth-order valence-corrected chi connectivity index (χ4v) is 2.62. The molecule has 4 nitrogen and oxygen atoms in total. The fourth-order valence-electron chi connectivity index (χ4n) is 2.62. The second kappa shape index (κ2) is 4.27. The van der Waals surface area contributed by atoms with E-state index in [1.165, 1.54) is 12.8 Å². The Morgan fingerprint density at radius 1 is 1.00 bits per heavy atom. The summed E-state index contributed by atoms with van der Waals surface area (Å²) in [6.07, 6.45) is 6.06. The second-order valence-electron chi connectivity index (χ2n) is 5.18. The molecular formula is C16H14N4. The highest BCUT2D eigenvalue weighted by Crippen LogP contribution is 2.44. The lowest BCUT2D eigenvalue weighted by atomic mass is 9.99. The number of anilines is 1. The van der Waals surface area contributed by atoms with E-state index in [4.69, 9.17) is 5.73 Å². The normalized spacial score (nSPS) is 14.6. The third-order valence-corrected chi connectivity index (χ3v) is 3.74. The third-order valence-electron chi connectivity index (χ3n) is 3.74. The van der Waals surface area contributed by atoms with Crippen LogP contribution in [0.15, 0.2) is 42.7 Å². The number of rotatable bonds is 2. The predicted molar refractivity (Wildman–Crippen MR) is 79.2 cm³/mol. The molecule has 1 aliphatic rings. The van der Waals surface area contributed by atoms with Crippen molar-refractivity contribution in [1.29, 1.82) is 0 Å². The van der Waals surface area contributed by atoms with Crippen molar-refractivity contribution in [3.63, 3.8) is 0 Å². The van der Waals surface area contributed by atoms with Crippen molar-refractivity contribution in [2.24, 2.45) is 0 Å². The first kappa shape index (κ1) is 11.3. The Labute approximate surface area is 116 Å². The smallest absolute Gasteiger partial charge is 0.220 e. The van der Waals surface area contributed by atoms with Gasteiger partial charge in [0, 0.05) is 29.3 Å². The highest BCUT2D eigenvalue weighted by atomic mass is 15.0. The number of nitrogens with zero attached hydrogens (tertiary/aromatic N) is 3. The maximum Gasteiger partial charge on any atom is 0.220 e. The molecule has 0 atom stereocenters. The van der Waals surface area contributed by atoms with Crippen LogP contribution in [-0.4, -0.2) is 15.0 Å². The van der Waals surface area contributed by atoms with Gasteiger partial charge >= 0.3 is 0 Å². The zero-order valence-corrected chi connectivity index (χ0v) is 11.0. The van der Waals surface area contributed by atoms with Crippen LogP contribution in [0.2, 0.25) is 0 Å². The number of nitrogen functional groups attached to an aromatic ring is 1. The van der Waals surface area contributed by atoms with Gasteiger partial charge in [-0.3, -0.25) is 4.98 Å². The molecule has 1 saturated carbocycles. The fraction of sp³-hybridized carbons (Fsp3) is 0.188. The molecule has 1 aromatic carbocycles. The summed E-state index contributed by atoms with van der Waals surface area (Å²) in [7, 11) is 0. The SMILES string of the molecule is Nc1ncc(-c2ccnc3ccccc23)c(C2CC2)n1. The number of fused-ring (bicyclic) bond motifs is 1. The van der Waals surface area contributed by atoms with Crippen LogP contribution in [0.25, 0.3) is 22.0 Å². The van der Waals surface area contributed by atoms with Gasteiger partial charge in [0.2, 0.25) is 5.95 Å². The van der Waals surface area contributed by atoms with E-state index in [1.807, 2.05) is 36.7 Å². The topological polar surface area (TPSA) is 64.7 Å². The Hall–Kier alpha value is -2.49. The molecule has 4 heteroatoms. The van der Waals surface area contributed by atoms with E-state index in [9.17, 15) is 0 Å². The monoisotopic (exact) mass is 262 g/mol. The van der Waals surface area contributed by atoms with E-state index in [0.717, 1.165) is 27.7 Å². The largest absolute Gasteiger partial charge is 0.368 e. The molecule has 0 amide bonds. The van der Waals surface area contributed by atoms with Crippen molar-refractivity contribution in [2.75, 3.05) is 5.73 Å². The van der Waals surface area contributed by atoms with E-state index in [-0.39, 0.29) is 0 Å². The average Bonchev–Trinajstić information content (AvgIpc) is 3.31. The van der Waals surface area contributed by atoms with E-state index in [1.54, 1.807) is 0 Å². The van der Waals surface area contributed by atoms with Crippen molar-refractivity contribution in [3.05, 3.63) is 48.4 Å². The van der Waals surface area contributed by atoms with Gasteiger partial charge in [-0.15, -0.1) is 0 Å². The Bertz CT molecular complexity index is 788. The van der Waals surface area contributed by atoms with Gasteiger partial charge in [0.15, 0.2) is 0 Å². The lowest BCUT2D eigenvalue weighted by Gasteiger charge is -2.10. The van der Waals surface area contributed by atoms with Gasteiger partial charge in [-0.05, 0) is 30.5 Å². The molecule has 2 heterocycles. The molecule has 0 saturated heterocycles. The summed E-state index contributed by atoms with van der Waals surface area (Å²) in [6.45, 7) is 0. The van der Waals surface area contributed by atoms with E-state index < -0.39 is 0 Å². The maximum atomic E-state index is 5.75. The van der Waals surface area contributed by atoms with Crippen LogP contribution in [-0.2, 0) is 0 Å². The Balaban J connectivity index is 2.00. The van der Waals surface area contributed by atoms with Crippen molar-refractivity contribution >= 4 is 16.9 Å². The predicted octanol–water partition coefficient (Wildman–Crippen LogP) is 3.15. The number of hydrogen-bond donors (Lipinski definition) is 1. The minimum Gasteiger partial charge on any atom is -0.368 e. The van der Waals surface area contributed by atoms with Crippen LogP contribution in [0, 0.1) is 0 Å². The molecule has 1 aliphatic carbocycles. The molecule has 3 aromatic rings. The molecule has 0 aliphatic heterocycles. The molecule has 0 radical (unpaired) electrons. The minimum absolute atomic E-state index is 0.356. The number of aromatic nitrogens is 3. The van der Waals surface area contributed by atoms with Gasteiger partial charge in [-0.2, -0.15) is 0 Å². The minimum atomic E-state index is 0.356. The first-order valence-corrected chi connectivity index (χ1v) is 6.79. The van der Waals surface area contributed by atoms with Gasteiger partial charge in [-0.1, -0.05) is 18.2 Å². The van der Waals surface area contributed by atoms with Gasteiger partial charge in [0.25, 0.3) is 0 Å². The van der Waals surface area contributed by atoms with Crippen LogP contribution < -0.4 is 5.73 Å². The van der Waals surface area contributed by atoms with Gasteiger partial charge in [0.1, 0.15) is 0 Å². The molecule has 0 bridgehead atoms. The molecule has 20 heavy (non-hydrogen) atoms. The number of hydrogen-bond acceptors (Lipinski definition) is 4. The third kappa shape index (κ3) is 1.81. The van der Waals surface area contributed by atoms with E-state index in [2.05, 4.69) is 21.0 Å². The summed E-state index contributed by atoms with van der Waals surface area (Å²) < 4.78 is 0. The summed E-state index contributed by atoms with van der Waals surface area (Å²) in [5.74, 6) is 0.885. The lowest BCUT2D eigenvalue weighted by molar-refractivity contribution is 1.00. The van der Waals surface area contributed by atoms with Crippen molar-refractivity contribution in [3.8, 4) is 11.1 Å². The standard InChI is InChI=1S/C16H14N4/c17-16-19-9-13(15(20-16)10-5-6-10)11-7-8-18-14-4-2-1-3-12(11)14/h1-4,7-10H,5-6H2,(H2,17,19,20). The Morgan fingerprint density at radius 2 is 1.85 bits per heavy atom. The van der Waals surface area contributed by atoms with Crippen molar-refractivity contribution < 1.29 is 0 Å². The highest BCUT2D eigenvalue weighted by molar-refractivity contribution is 5.94. The van der Waals surface area contributed by atoms with Gasteiger partial charge in [0.05, 0.1) is 11.2 Å². The summed E-state index contributed by atoms with van der Waals surface area (Å²) in [5, 5.41) is 1.13. The maximum absolute atomic E-state index is 5.75. The molecule has 2 N–H and O–H groups in total. The van der Waals surface area contributed by atoms with Gasteiger partial charge in [-0.25, -0.2) is 9.97 Å². The molecule has 4 rings (SSSR count). The summed E-state index contributed by atoms with van der Waals surface area (Å²) in [5.41, 5.74) is 10.0. The highest BCUT2D eigenvalue weighted by Gasteiger charge is 2.29. The molecule has 2 aromatic heterocycles. The zero-order valence-electron chi connectivity index (χ0n) is 11.0. The zero-order chi connectivity index (χ0) is 13.5. The number of benzene rings is 1. The molecule has 1 fully saturated rings. The lowest BCUT2D eigenvalue weighted by Crippen LogP contribution is -2.01. The van der Waals surface area contributed by atoms with Crippen molar-refractivity contribution in [2.45, 2.75) is 18.8 Å². The van der Waals surface area contributed by atoms with Crippen LogP contribution >= 0.6 is 0 Å². The molecular weight excluding hydrogens is 248 g/mol. The first-order valence-electron chi connectivity index (χ1n) is 6.79. The number of pyridine rings is 1. The number of para-hydroxylation sites is 1. The van der Waals surface area contributed by atoms with E-state index >= 15 is 0 Å². The van der Waals surface area contributed by atoms with Crippen LogP contribution in [0.5, 0.6) is 0 Å². The number of nitrogens with two attached hydrogens (primary N) is 1. The quantitative estimate of drug-likeness (QED) is 0.770. The van der Waals surface area contributed by atoms with Crippen LogP contribution in [0.1, 0.15) is 24.5 Å². The van der Waals surface area contributed by atoms with Crippen LogP contribution in [0.3, 0.4) is 0 Å². The van der Waals surface area contributed by atoms with E-state index in [0.29, 0.717) is 11.9 Å². The Kier molecular flexibility index (Phi) is 2.42. The van der Waals surface area contributed by atoms with Crippen molar-refractivity contribution in [1.82, 2.24) is 15.0 Å². The summed E-state index contributed by atoms with van der Waals surface area (Å²) >= 11 is 0. The van der Waals surface area contributed by atoms with Gasteiger partial charge < -0.3 is 5.73 Å². The molecule has 0 spiro atoms. The van der Waals surface area contributed by atoms with Crippen LogP contribution in [0.4, 0.5) is 5.95 Å². The second-order valence-corrected chi connectivity index (χ2v) is 5.18. The summed E-state index contributed by atoms with van der Waals surface area (Å²) in [6, 6.07) is 10.2. The summed E-state index contributed by atoms with van der Waals surface area (Å²) in [4.78, 5) is 13.1. The first-order chi connectivity index (χ1) is 9.83.